The second kappa shape index (κ2) is 7.53. The molecule has 4 nitrogen and oxygen atoms in total. The van der Waals surface area contributed by atoms with Crippen LogP contribution < -0.4 is 10.1 Å². The third kappa shape index (κ3) is 4.17. The Balaban J connectivity index is 1.75. The van der Waals surface area contributed by atoms with E-state index < -0.39 is 17.5 Å². The van der Waals surface area contributed by atoms with E-state index in [4.69, 9.17) is 4.74 Å². The average Bonchev–Trinajstić information content (AvgIpc) is 2.61. The van der Waals surface area contributed by atoms with Crippen molar-refractivity contribution in [2.75, 3.05) is 5.32 Å². The number of nitrogens with one attached hydrogen (secondary N) is 1. The Labute approximate surface area is 143 Å². The zero-order valence-corrected chi connectivity index (χ0v) is 13.1. The lowest BCUT2D eigenvalue weighted by atomic mass is 10.2. The Kier molecular flexibility index (Phi) is 4.99. The third-order valence-electron chi connectivity index (χ3n) is 3.42. The topological polar surface area (TPSA) is 51.2 Å². The van der Waals surface area contributed by atoms with Crippen LogP contribution in [0.3, 0.4) is 0 Å². The Morgan fingerprint density at radius 1 is 1.04 bits per heavy atom. The Hall–Kier alpha value is -3.28. The van der Waals surface area contributed by atoms with E-state index in [-0.39, 0.29) is 11.4 Å². The first-order valence-corrected chi connectivity index (χ1v) is 7.51. The van der Waals surface area contributed by atoms with Crippen LogP contribution in [0.4, 0.5) is 14.6 Å². The number of anilines is 1. The number of hydrogen-bond donors (Lipinski definition) is 1. The third-order valence-corrected chi connectivity index (χ3v) is 3.42. The number of ether oxygens (including phenoxy) is 1. The summed E-state index contributed by atoms with van der Waals surface area (Å²) in [4.78, 5) is 16.3. The minimum Gasteiger partial charge on any atom is -0.485 e. The van der Waals surface area contributed by atoms with Gasteiger partial charge in [0.05, 0.1) is 5.56 Å². The van der Waals surface area contributed by atoms with Crippen LogP contribution in [0.1, 0.15) is 15.9 Å². The molecule has 1 amide bonds. The van der Waals surface area contributed by atoms with Crippen molar-refractivity contribution in [1.82, 2.24) is 4.98 Å². The number of carbonyl (C=O) groups is 1. The fourth-order valence-electron chi connectivity index (χ4n) is 2.18. The highest BCUT2D eigenvalue weighted by Gasteiger charge is 2.15. The van der Waals surface area contributed by atoms with Crippen molar-refractivity contribution >= 4 is 11.7 Å². The van der Waals surface area contributed by atoms with Gasteiger partial charge in [-0.1, -0.05) is 30.3 Å². The fourth-order valence-corrected chi connectivity index (χ4v) is 2.18. The van der Waals surface area contributed by atoms with Gasteiger partial charge in [0.15, 0.2) is 11.6 Å². The maximum absolute atomic E-state index is 13.7. The monoisotopic (exact) mass is 340 g/mol. The Bertz CT molecular complexity index is 886. The van der Waals surface area contributed by atoms with Crippen molar-refractivity contribution in [3.05, 3.63) is 89.6 Å². The lowest BCUT2D eigenvalue weighted by Gasteiger charge is -2.12. The average molecular weight is 340 g/mol. The molecule has 6 heteroatoms. The molecule has 0 unspecified atom stereocenters. The molecule has 0 aliphatic rings. The van der Waals surface area contributed by atoms with Gasteiger partial charge in [-0.25, -0.2) is 13.8 Å². The molecule has 0 atom stereocenters. The summed E-state index contributed by atoms with van der Waals surface area (Å²) in [5, 5.41) is 2.49. The van der Waals surface area contributed by atoms with E-state index in [1.54, 1.807) is 12.1 Å². The second-order valence-electron chi connectivity index (χ2n) is 5.20. The van der Waals surface area contributed by atoms with E-state index in [9.17, 15) is 13.6 Å². The number of amides is 1. The largest absolute Gasteiger partial charge is 0.485 e. The second-order valence-corrected chi connectivity index (χ2v) is 5.20. The van der Waals surface area contributed by atoms with Crippen molar-refractivity contribution < 1.29 is 18.3 Å². The molecular formula is C19H14F2N2O2. The number of carbonyl (C=O) groups excluding carboxylic acids is 1. The zero-order chi connectivity index (χ0) is 17.6. The summed E-state index contributed by atoms with van der Waals surface area (Å²) in [5.41, 5.74) is 0.675. The molecule has 25 heavy (non-hydrogen) atoms. The molecule has 0 saturated heterocycles. The molecule has 126 valence electrons. The smallest absolute Gasteiger partial charge is 0.259 e. The first-order valence-electron chi connectivity index (χ1n) is 7.51. The molecule has 0 aliphatic heterocycles. The molecule has 0 saturated carbocycles. The minimum absolute atomic E-state index is 0.159. The lowest BCUT2D eigenvalue weighted by Crippen LogP contribution is -2.15. The van der Waals surface area contributed by atoms with Gasteiger partial charge >= 0.3 is 0 Å². The first-order chi connectivity index (χ1) is 12.1. The van der Waals surface area contributed by atoms with Gasteiger partial charge in [-0.15, -0.1) is 0 Å². The summed E-state index contributed by atoms with van der Waals surface area (Å²) in [5.74, 6) is -1.92. The highest BCUT2D eigenvalue weighted by atomic mass is 19.1. The molecule has 0 spiro atoms. The SMILES string of the molecule is O=C(Nc1ncccc1OCc1ccccc1)c1ccc(F)cc1F. The van der Waals surface area contributed by atoms with E-state index in [0.29, 0.717) is 18.4 Å². The zero-order valence-electron chi connectivity index (χ0n) is 13.1. The Morgan fingerprint density at radius 3 is 2.60 bits per heavy atom. The van der Waals surface area contributed by atoms with Gasteiger partial charge < -0.3 is 10.1 Å². The molecule has 0 radical (unpaired) electrons. The van der Waals surface area contributed by atoms with Crippen LogP contribution in [-0.4, -0.2) is 10.9 Å². The fraction of sp³-hybridized carbons (Fsp3) is 0.0526. The molecule has 2 aromatic carbocycles. The van der Waals surface area contributed by atoms with Crippen molar-refractivity contribution in [3.8, 4) is 5.75 Å². The summed E-state index contributed by atoms with van der Waals surface area (Å²) < 4.78 is 32.4. The van der Waals surface area contributed by atoms with E-state index in [1.807, 2.05) is 30.3 Å². The van der Waals surface area contributed by atoms with Gasteiger partial charge in [-0.2, -0.15) is 0 Å². The van der Waals surface area contributed by atoms with Crippen LogP contribution in [0, 0.1) is 11.6 Å². The quantitative estimate of drug-likeness (QED) is 0.758. The number of rotatable bonds is 5. The summed E-state index contributed by atoms with van der Waals surface area (Å²) in [6.45, 7) is 0.292. The van der Waals surface area contributed by atoms with Crippen molar-refractivity contribution in [1.29, 1.82) is 0 Å². The van der Waals surface area contributed by atoms with Crippen molar-refractivity contribution in [3.63, 3.8) is 0 Å². The van der Waals surface area contributed by atoms with Gasteiger partial charge in [0.25, 0.3) is 5.91 Å². The van der Waals surface area contributed by atoms with Crippen LogP contribution >= 0.6 is 0 Å². The number of pyridine rings is 1. The van der Waals surface area contributed by atoms with Gasteiger partial charge in [-0.05, 0) is 29.8 Å². The first kappa shape index (κ1) is 16.6. The van der Waals surface area contributed by atoms with E-state index in [0.717, 1.165) is 17.7 Å². The molecule has 1 N–H and O–H groups in total. The summed E-state index contributed by atoms with van der Waals surface area (Å²) in [6.07, 6.45) is 1.48. The molecular weight excluding hydrogens is 326 g/mol. The highest BCUT2D eigenvalue weighted by Crippen LogP contribution is 2.23. The number of benzene rings is 2. The van der Waals surface area contributed by atoms with Crippen molar-refractivity contribution in [2.45, 2.75) is 6.61 Å². The van der Waals surface area contributed by atoms with Crippen LogP contribution in [0.15, 0.2) is 66.9 Å². The predicted octanol–water partition coefficient (Wildman–Crippen LogP) is 4.19. The number of halogens is 2. The van der Waals surface area contributed by atoms with Gasteiger partial charge in [0.2, 0.25) is 0 Å². The maximum Gasteiger partial charge on any atom is 0.259 e. The van der Waals surface area contributed by atoms with Crippen LogP contribution in [0.2, 0.25) is 0 Å². The highest BCUT2D eigenvalue weighted by molar-refractivity contribution is 6.04. The summed E-state index contributed by atoms with van der Waals surface area (Å²) in [7, 11) is 0. The summed E-state index contributed by atoms with van der Waals surface area (Å²) >= 11 is 0. The molecule has 3 aromatic rings. The molecule has 3 rings (SSSR count). The van der Waals surface area contributed by atoms with Crippen molar-refractivity contribution in [2.24, 2.45) is 0 Å². The molecule has 0 fully saturated rings. The number of hydrogen-bond acceptors (Lipinski definition) is 3. The molecule has 1 heterocycles. The standard InChI is InChI=1S/C19H14F2N2O2/c20-14-8-9-15(16(21)11-14)19(24)23-18-17(7-4-10-22-18)25-12-13-5-2-1-3-6-13/h1-11H,12H2,(H,22,23,24). The Morgan fingerprint density at radius 2 is 1.84 bits per heavy atom. The molecule has 0 aliphatic carbocycles. The minimum atomic E-state index is -0.944. The van der Waals surface area contributed by atoms with Gasteiger partial charge in [-0.3, -0.25) is 4.79 Å². The van der Waals surface area contributed by atoms with E-state index in [1.165, 1.54) is 6.20 Å². The normalized spacial score (nSPS) is 10.3. The van der Waals surface area contributed by atoms with E-state index in [2.05, 4.69) is 10.3 Å². The number of aromatic nitrogens is 1. The van der Waals surface area contributed by atoms with E-state index >= 15 is 0 Å². The predicted molar refractivity (Wildman–Crippen MR) is 89.3 cm³/mol. The maximum atomic E-state index is 13.7. The van der Waals surface area contributed by atoms with Gasteiger partial charge in [0, 0.05) is 12.3 Å². The van der Waals surface area contributed by atoms with Crippen LogP contribution in [0.5, 0.6) is 5.75 Å². The lowest BCUT2D eigenvalue weighted by molar-refractivity contribution is 0.102. The number of nitrogens with zero attached hydrogens (tertiary/aromatic N) is 1. The van der Waals surface area contributed by atoms with Crippen LogP contribution in [0.25, 0.3) is 0 Å². The van der Waals surface area contributed by atoms with Crippen LogP contribution in [-0.2, 0) is 6.61 Å². The molecule has 0 bridgehead atoms. The molecule has 1 aromatic heterocycles. The van der Waals surface area contributed by atoms with Gasteiger partial charge in [0.1, 0.15) is 18.2 Å². The summed E-state index contributed by atoms with van der Waals surface area (Å²) in [6, 6.07) is 15.5.